The molecule has 4 atom stereocenters. The topological polar surface area (TPSA) is 60.2 Å². The maximum absolute atomic E-state index is 5.76. The molecular formula is C56H49N7. The third-order valence-corrected chi connectivity index (χ3v) is 13.7. The van der Waals surface area contributed by atoms with E-state index in [0.29, 0.717) is 0 Å². The third kappa shape index (κ3) is 6.21. The monoisotopic (exact) mass is 819 g/mol. The number of nitrogens with one attached hydrogen (secondary N) is 2. The summed E-state index contributed by atoms with van der Waals surface area (Å²) >= 11 is 0. The zero-order valence-corrected chi connectivity index (χ0v) is 35.4. The van der Waals surface area contributed by atoms with E-state index < -0.39 is 0 Å². The fourth-order valence-corrected chi connectivity index (χ4v) is 10.9. The molecule has 7 heteroatoms. The van der Waals surface area contributed by atoms with Crippen LogP contribution in [0.4, 0.5) is 5.69 Å². The first kappa shape index (κ1) is 37.5. The Morgan fingerprint density at radius 2 is 1.33 bits per heavy atom. The summed E-state index contributed by atoms with van der Waals surface area (Å²) in [4.78, 5) is 15.6. The van der Waals surface area contributed by atoms with Gasteiger partial charge in [0.15, 0.2) is 0 Å². The van der Waals surface area contributed by atoms with E-state index >= 15 is 0 Å². The maximum Gasteiger partial charge on any atom is 0.134 e. The van der Waals surface area contributed by atoms with E-state index in [1.54, 1.807) is 0 Å². The molecule has 308 valence electrons. The van der Waals surface area contributed by atoms with Crippen molar-refractivity contribution in [2.75, 3.05) is 11.9 Å². The van der Waals surface area contributed by atoms with E-state index in [4.69, 9.17) is 9.98 Å². The van der Waals surface area contributed by atoms with Crippen molar-refractivity contribution in [1.82, 2.24) is 20.1 Å². The van der Waals surface area contributed by atoms with Gasteiger partial charge in [-0.1, -0.05) is 152 Å². The lowest BCUT2D eigenvalue weighted by Gasteiger charge is -2.42. The van der Waals surface area contributed by atoms with E-state index in [9.17, 15) is 0 Å². The molecule has 0 saturated carbocycles. The highest BCUT2D eigenvalue weighted by Crippen LogP contribution is 2.50. The molecule has 0 radical (unpaired) electrons. The van der Waals surface area contributed by atoms with Crippen LogP contribution in [0.2, 0.25) is 0 Å². The third-order valence-electron chi connectivity index (χ3n) is 13.7. The first-order valence-corrected chi connectivity index (χ1v) is 22.4. The van der Waals surface area contributed by atoms with Gasteiger partial charge in [0.05, 0.1) is 29.7 Å². The molecule has 6 aromatic rings. The van der Waals surface area contributed by atoms with Crippen molar-refractivity contribution >= 4 is 29.9 Å². The number of para-hydroxylation sites is 2. The molecule has 6 aliphatic rings. The quantitative estimate of drug-likeness (QED) is 0.168. The number of hydrogen-bond donors (Lipinski definition) is 2. The Hall–Kier alpha value is -7.22. The van der Waals surface area contributed by atoms with E-state index in [1.807, 2.05) is 6.20 Å². The Kier molecular flexibility index (Phi) is 9.29. The van der Waals surface area contributed by atoms with Crippen molar-refractivity contribution in [2.45, 2.75) is 50.6 Å². The Morgan fingerprint density at radius 3 is 2.13 bits per heavy atom. The lowest BCUT2D eigenvalue weighted by Crippen LogP contribution is -2.47. The second kappa shape index (κ2) is 15.6. The molecule has 2 aliphatic carbocycles. The van der Waals surface area contributed by atoms with Crippen molar-refractivity contribution in [3.05, 3.63) is 215 Å². The summed E-state index contributed by atoms with van der Waals surface area (Å²) < 4.78 is 2.57. The molecule has 5 heterocycles. The summed E-state index contributed by atoms with van der Waals surface area (Å²) in [6, 6.07) is 46.3. The molecule has 0 spiro atoms. The normalized spacial score (nSPS) is 21.9. The van der Waals surface area contributed by atoms with Gasteiger partial charge < -0.3 is 20.1 Å². The fourth-order valence-electron chi connectivity index (χ4n) is 10.9. The number of aliphatic imine (C=N–C) groups is 2. The van der Waals surface area contributed by atoms with Crippen molar-refractivity contribution in [3.63, 3.8) is 0 Å². The van der Waals surface area contributed by atoms with Crippen LogP contribution in [0.15, 0.2) is 185 Å². The summed E-state index contributed by atoms with van der Waals surface area (Å²) in [5.41, 5.74) is 18.6. The Bertz CT molecular complexity index is 2930. The summed E-state index contributed by atoms with van der Waals surface area (Å²) in [6.07, 6.45) is 23.6. The minimum absolute atomic E-state index is 0.0651. The molecule has 0 amide bonds. The smallest absolute Gasteiger partial charge is 0.134 e. The highest BCUT2D eigenvalue weighted by molar-refractivity contribution is 6.05. The zero-order valence-electron chi connectivity index (χ0n) is 35.4. The van der Waals surface area contributed by atoms with E-state index in [2.05, 4.69) is 208 Å². The standard InChI is InChI=1S/C56H49N7/c1-61-55(39-21-9-4-10-22-39)59-54(46-27-15-25-40(37-17-5-2-6-18-37)52(46)62-48-29-13-11-23-42(48)44-31-33-57-35-50(44)62)60-56(61)47-28-16-26-41(38-19-7-3-8-20-38)53(47)63-49-30-14-12-24-43(49)45-32-34-58-36-51(45)63/h2-12,15-28,31-34,36,45,51,55-57H,13-14,29-30,35H2,1H3,(H,59,60). The Morgan fingerprint density at radius 1 is 0.651 bits per heavy atom. The summed E-state index contributed by atoms with van der Waals surface area (Å²) in [5.74, 6) is 1.11. The van der Waals surface area contributed by atoms with Gasteiger partial charge in [0.1, 0.15) is 18.2 Å². The van der Waals surface area contributed by atoms with Crippen LogP contribution in [-0.4, -0.2) is 34.6 Å². The first-order valence-electron chi connectivity index (χ1n) is 22.4. The molecule has 0 bridgehead atoms. The van der Waals surface area contributed by atoms with Crippen LogP contribution in [-0.2, 0) is 13.0 Å². The summed E-state index contributed by atoms with van der Waals surface area (Å²) in [5, 5.41) is 7.75. The minimum Gasteiger partial charge on any atom is -0.385 e. The summed E-state index contributed by atoms with van der Waals surface area (Å²) in [7, 11) is 2.23. The second-order valence-electron chi connectivity index (χ2n) is 17.2. The van der Waals surface area contributed by atoms with Crippen molar-refractivity contribution < 1.29 is 0 Å². The second-order valence-corrected chi connectivity index (χ2v) is 17.2. The van der Waals surface area contributed by atoms with Crippen molar-refractivity contribution in [2.24, 2.45) is 15.9 Å². The fraction of sp³-hybridized carbons (Fsp3) is 0.179. The first-order chi connectivity index (χ1) is 31.2. The molecule has 4 aliphatic heterocycles. The van der Waals surface area contributed by atoms with Gasteiger partial charge in [0.25, 0.3) is 0 Å². The van der Waals surface area contributed by atoms with Crippen molar-refractivity contribution in [3.8, 4) is 27.9 Å². The van der Waals surface area contributed by atoms with Gasteiger partial charge in [-0.05, 0) is 73.3 Å². The lowest BCUT2D eigenvalue weighted by atomic mass is 9.90. The number of anilines is 1. The van der Waals surface area contributed by atoms with Gasteiger partial charge in [0.2, 0.25) is 0 Å². The van der Waals surface area contributed by atoms with Crippen LogP contribution >= 0.6 is 0 Å². The number of nitrogens with zero attached hydrogens (tertiary/aromatic N) is 5. The van der Waals surface area contributed by atoms with Gasteiger partial charge in [0, 0.05) is 63.1 Å². The number of rotatable bonds is 7. The van der Waals surface area contributed by atoms with Gasteiger partial charge in [-0.3, -0.25) is 9.89 Å². The lowest BCUT2D eigenvalue weighted by molar-refractivity contribution is 0.152. The van der Waals surface area contributed by atoms with Gasteiger partial charge in [-0.25, -0.2) is 4.99 Å². The molecule has 63 heavy (non-hydrogen) atoms. The van der Waals surface area contributed by atoms with E-state index in [0.717, 1.165) is 54.9 Å². The highest BCUT2D eigenvalue weighted by Gasteiger charge is 2.43. The van der Waals surface area contributed by atoms with Crippen LogP contribution in [0.3, 0.4) is 0 Å². The van der Waals surface area contributed by atoms with E-state index in [-0.39, 0.29) is 24.3 Å². The van der Waals surface area contributed by atoms with Gasteiger partial charge >= 0.3 is 0 Å². The SMILES string of the molecule is CN1C(c2ccccc2)N=C(c2cccc(-c3ccccc3)c2-n2c3c(c4c2CNC=C4)C=CCC3)NC1c1cccc(-c2ccccc2)c1N1C2=C(C=CCC2)C2C=CN=CC21. The van der Waals surface area contributed by atoms with Crippen LogP contribution in [0, 0.1) is 5.92 Å². The highest BCUT2D eigenvalue weighted by atomic mass is 15.4. The molecule has 0 fully saturated rings. The number of hydrogen-bond acceptors (Lipinski definition) is 6. The average Bonchev–Trinajstić information content (AvgIpc) is 3.87. The van der Waals surface area contributed by atoms with Crippen LogP contribution in [0.5, 0.6) is 0 Å². The largest absolute Gasteiger partial charge is 0.385 e. The minimum atomic E-state index is -0.271. The molecule has 12 rings (SSSR count). The number of fused-ring (bicyclic) bond motifs is 5. The molecule has 5 aromatic carbocycles. The van der Waals surface area contributed by atoms with Crippen LogP contribution in [0.25, 0.3) is 40.1 Å². The number of benzene rings is 5. The predicted molar refractivity (Wildman–Crippen MR) is 258 cm³/mol. The van der Waals surface area contributed by atoms with Gasteiger partial charge in [-0.2, -0.15) is 0 Å². The van der Waals surface area contributed by atoms with Crippen LogP contribution in [0.1, 0.15) is 70.8 Å². The Labute approximate surface area is 369 Å². The van der Waals surface area contributed by atoms with E-state index in [1.165, 1.54) is 67.3 Å². The molecule has 1 aromatic heterocycles. The molecule has 7 nitrogen and oxygen atoms in total. The maximum atomic E-state index is 5.76. The molecule has 4 unspecified atom stereocenters. The number of allylic oxidation sites excluding steroid dienone is 4. The number of aromatic nitrogens is 1. The predicted octanol–water partition coefficient (Wildman–Crippen LogP) is 11.5. The Balaban J connectivity index is 1.10. The average molecular weight is 820 g/mol. The number of amidine groups is 1. The summed E-state index contributed by atoms with van der Waals surface area (Å²) in [6.45, 7) is 0.742. The van der Waals surface area contributed by atoms with Crippen molar-refractivity contribution in [1.29, 1.82) is 0 Å². The van der Waals surface area contributed by atoms with Gasteiger partial charge in [-0.15, -0.1) is 0 Å². The zero-order chi connectivity index (χ0) is 41.9. The van der Waals surface area contributed by atoms with Crippen LogP contribution < -0.4 is 15.5 Å². The molecule has 0 saturated heterocycles. The molecular weight excluding hydrogens is 771 g/mol. The molecule has 2 N–H and O–H groups in total.